The van der Waals surface area contributed by atoms with Gasteiger partial charge in [0.1, 0.15) is 5.69 Å². The van der Waals surface area contributed by atoms with Crippen LogP contribution >= 0.6 is 0 Å². The van der Waals surface area contributed by atoms with Gasteiger partial charge in [-0.25, -0.2) is 0 Å². The lowest BCUT2D eigenvalue weighted by Crippen LogP contribution is -2.46. The number of hydrogen-bond donors (Lipinski definition) is 2. The quantitative estimate of drug-likeness (QED) is 0.882. The van der Waals surface area contributed by atoms with Gasteiger partial charge in [-0.3, -0.25) is 14.3 Å². The molecule has 0 unspecified atom stereocenters. The molecule has 0 radical (unpaired) electrons. The third-order valence-corrected chi connectivity index (χ3v) is 4.21. The van der Waals surface area contributed by atoms with Gasteiger partial charge in [-0.2, -0.15) is 5.10 Å². The summed E-state index contributed by atoms with van der Waals surface area (Å²) in [7, 11) is 0. The van der Waals surface area contributed by atoms with Crippen molar-refractivity contribution in [1.29, 1.82) is 0 Å². The minimum Gasteiger partial charge on any atom is -0.352 e. The number of carbonyl (C=O) groups is 2. The predicted molar refractivity (Wildman–Crippen MR) is 91.5 cm³/mol. The highest BCUT2D eigenvalue weighted by Gasteiger charge is 2.21. The molecule has 2 heterocycles. The van der Waals surface area contributed by atoms with Gasteiger partial charge in [-0.05, 0) is 19.8 Å². The monoisotopic (exact) mass is 326 g/mol. The second kappa shape index (κ2) is 7.29. The number of aromatic nitrogens is 2. The molecule has 0 spiro atoms. The Kier molecular flexibility index (Phi) is 4.93. The number of benzene rings is 1. The van der Waals surface area contributed by atoms with Gasteiger partial charge >= 0.3 is 0 Å². The zero-order chi connectivity index (χ0) is 16.9. The number of carbonyl (C=O) groups excluding carboxylic acids is 2. The van der Waals surface area contributed by atoms with Crippen molar-refractivity contribution in [1.82, 2.24) is 20.4 Å². The lowest BCUT2D eigenvalue weighted by molar-refractivity contribution is -0.123. The molecule has 0 saturated carbocycles. The topological polar surface area (TPSA) is 76.0 Å². The number of hydrogen-bond acceptors (Lipinski definition) is 3. The van der Waals surface area contributed by atoms with Crippen molar-refractivity contribution >= 4 is 11.8 Å². The predicted octanol–water partition coefficient (Wildman–Crippen LogP) is 1.97. The van der Waals surface area contributed by atoms with Gasteiger partial charge in [-0.1, -0.05) is 30.3 Å². The first kappa shape index (κ1) is 16.2. The van der Waals surface area contributed by atoms with E-state index >= 15 is 0 Å². The summed E-state index contributed by atoms with van der Waals surface area (Å²) in [5.74, 6) is -0.0994. The molecule has 3 rings (SSSR count). The summed E-state index contributed by atoms with van der Waals surface area (Å²) >= 11 is 0. The Balaban J connectivity index is 1.74. The molecule has 1 atom stereocenters. The van der Waals surface area contributed by atoms with Crippen molar-refractivity contribution in [3.8, 4) is 11.3 Å². The minimum absolute atomic E-state index is 0.0107. The van der Waals surface area contributed by atoms with Crippen LogP contribution in [-0.4, -0.2) is 34.2 Å². The van der Waals surface area contributed by atoms with E-state index in [1.807, 2.05) is 37.3 Å². The standard InChI is InChI=1S/C18H22N4O2/c1-2-22-12-15(17(21-22)13-7-4-3-5-8-13)18(24)19-11-14-9-6-10-16(23)20-14/h3-5,7-8,12,14H,2,6,9-11H2,1H3,(H,19,24)(H,20,23)/t14-/m1/s1. The van der Waals surface area contributed by atoms with Gasteiger partial charge < -0.3 is 10.6 Å². The van der Waals surface area contributed by atoms with Crippen LogP contribution in [0.2, 0.25) is 0 Å². The van der Waals surface area contributed by atoms with E-state index in [9.17, 15) is 9.59 Å². The smallest absolute Gasteiger partial charge is 0.255 e. The normalized spacial score (nSPS) is 17.4. The molecule has 1 aliphatic rings. The van der Waals surface area contributed by atoms with Crippen LogP contribution in [-0.2, 0) is 11.3 Å². The summed E-state index contributed by atoms with van der Waals surface area (Å²) in [5.41, 5.74) is 2.16. The van der Waals surface area contributed by atoms with E-state index in [1.165, 1.54) is 0 Å². The highest BCUT2D eigenvalue weighted by atomic mass is 16.2. The second-order valence-electron chi connectivity index (χ2n) is 5.98. The lowest BCUT2D eigenvalue weighted by Gasteiger charge is -2.23. The minimum atomic E-state index is -0.159. The number of nitrogens with zero attached hydrogens (tertiary/aromatic N) is 2. The Bertz CT molecular complexity index is 724. The summed E-state index contributed by atoms with van der Waals surface area (Å²) in [6, 6.07) is 9.70. The first-order chi connectivity index (χ1) is 11.7. The Morgan fingerprint density at radius 1 is 1.38 bits per heavy atom. The fraction of sp³-hybridized carbons (Fsp3) is 0.389. The summed E-state index contributed by atoms with van der Waals surface area (Å²) in [5, 5.41) is 10.4. The average Bonchev–Trinajstić information content (AvgIpc) is 3.05. The second-order valence-corrected chi connectivity index (χ2v) is 5.98. The Morgan fingerprint density at radius 3 is 2.88 bits per heavy atom. The number of aryl methyl sites for hydroxylation is 1. The number of amides is 2. The zero-order valence-electron chi connectivity index (χ0n) is 13.8. The molecule has 1 aromatic carbocycles. The van der Waals surface area contributed by atoms with Gasteiger partial charge in [0, 0.05) is 37.3 Å². The Labute approximate surface area is 141 Å². The fourth-order valence-electron chi connectivity index (χ4n) is 2.90. The van der Waals surface area contributed by atoms with Crippen LogP contribution in [0.15, 0.2) is 36.5 Å². The molecule has 1 aromatic heterocycles. The fourth-order valence-corrected chi connectivity index (χ4v) is 2.90. The van der Waals surface area contributed by atoms with Crippen molar-refractivity contribution in [2.24, 2.45) is 0 Å². The molecule has 2 aromatic rings. The molecule has 1 fully saturated rings. The molecule has 24 heavy (non-hydrogen) atoms. The summed E-state index contributed by atoms with van der Waals surface area (Å²) < 4.78 is 1.76. The highest BCUT2D eigenvalue weighted by molar-refractivity contribution is 5.99. The molecule has 6 heteroatoms. The maximum atomic E-state index is 12.6. The van der Waals surface area contributed by atoms with Crippen molar-refractivity contribution in [3.05, 3.63) is 42.1 Å². The molecule has 2 N–H and O–H groups in total. The summed E-state index contributed by atoms with van der Waals surface area (Å²) in [6.45, 7) is 3.13. The third kappa shape index (κ3) is 3.64. The maximum Gasteiger partial charge on any atom is 0.255 e. The lowest BCUT2D eigenvalue weighted by atomic mass is 10.0. The van der Waals surface area contributed by atoms with Crippen molar-refractivity contribution < 1.29 is 9.59 Å². The Morgan fingerprint density at radius 2 is 2.17 bits per heavy atom. The molecule has 1 saturated heterocycles. The van der Waals surface area contributed by atoms with E-state index in [1.54, 1.807) is 10.9 Å². The van der Waals surface area contributed by atoms with Crippen LogP contribution in [0.5, 0.6) is 0 Å². The molecule has 1 aliphatic heterocycles. The van der Waals surface area contributed by atoms with Crippen LogP contribution in [0.4, 0.5) is 0 Å². The Hall–Kier alpha value is -2.63. The first-order valence-corrected chi connectivity index (χ1v) is 8.38. The third-order valence-electron chi connectivity index (χ3n) is 4.21. The molecule has 6 nitrogen and oxygen atoms in total. The SMILES string of the molecule is CCn1cc(C(=O)NC[C@H]2CCCC(=O)N2)c(-c2ccccc2)n1. The van der Waals surface area contributed by atoms with E-state index < -0.39 is 0 Å². The average molecular weight is 326 g/mol. The molecular formula is C18H22N4O2. The van der Waals surface area contributed by atoms with Crippen LogP contribution in [0, 0.1) is 0 Å². The van der Waals surface area contributed by atoms with Gasteiger partial charge in [0.15, 0.2) is 0 Å². The van der Waals surface area contributed by atoms with Crippen LogP contribution in [0.3, 0.4) is 0 Å². The highest BCUT2D eigenvalue weighted by Crippen LogP contribution is 2.22. The van der Waals surface area contributed by atoms with E-state index in [2.05, 4.69) is 15.7 Å². The van der Waals surface area contributed by atoms with Gasteiger partial charge in [0.2, 0.25) is 5.91 Å². The summed E-state index contributed by atoms with van der Waals surface area (Å²) in [6.07, 6.45) is 4.12. The van der Waals surface area contributed by atoms with Gasteiger partial charge in [0.05, 0.1) is 5.56 Å². The molecular weight excluding hydrogens is 304 g/mol. The molecule has 126 valence electrons. The molecule has 0 bridgehead atoms. The summed E-state index contributed by atoms with van der Waals surface area (Å²) in [4.78, 5) is 24.0. The zero-order valence-corrected chi connectivity index (χ0v) is 13.8. The van der Waals surface area contributed by atoms with Gasteiger partial charge in [0.25, 0.3) is 5.91 Å². The number of nitrogens with one attached hydrogen (secondary N) is 2. The van der Waals surface area contributed by atoms with Crippen LogP contribution in [0.25, 0.3) is 11.3 Å². The van der Waals surface area contributed by atoms with E-state index in [0.29, 0.717) is 30.8 Å². The maximum absolute atomic E-state index is 12.6. The largest absolute Gasteiger partial charge is 0.352 e. The first-order valence-electron chi connectivity index (χ1n) is 8.38. The van der Waals surface area contributed by atoms with E-state index in [-0.39, 0.29) is 17.9 Å². The van der Waals surface area contributed by atoms with E-state index in [0.717, 1.165) is 18.4 Å². The van der Waals surface area contributed by atoms with Crippen molar-refractivity contribution in [3.63, 3.8) is 0 Å². The van der Waals surface area contributed by atoms with Crippen molar-refractivity contribution in [2.45, 2.75) is 38.8 Å². The van der Waals surface area contributed by atoms with Crippen molar-refractivity contribution in [2.75, 3.05) is 6.54 Å². The molecule has 2 amide bonds. The van der Waals surface area contributed by atoms with Crippen LogP contribution in [0.1, 0.15) is 36.5 Å². The number of piperidine rings is 1. The molecule has 0 aliphatic carbocycles. The van der Waals surface area contributed by atoms with E-state index in [4.69, 9.17) is 0 Å². The van der Waals surface area contributed by atoms with Crippen LogP contribution < -0.4 is 10.6 Å². The van der Waals surface area contributed by atoms with Gasteiger partial charge in [-0.15, -0.1) is 0 Å². The number of rotatable bonds is 5.